The third-order valence-electron chi connectivity index (χ3n) is 7.93. The summed E-state index contributed by atoms with van der Waals surface area (Å²) in [6.07, 6.45) is 6.64. The van der Waals surface area contributed by atoms with Gasteiger partial charge in [-0.1, -0.05) is 12.1 Å². The van der Waals surface area contributed by atoms with Gasteiger partial charge in [0.1, 0.15) is 5.82 Å². The predicted octanol–water partition coefficient (Wildman–Crippen LogP) is 3.18. The minimum Gasteiger partial charge on any atom is -0.388 e. The summed E-state index contributed by atoms with van der Waals surface area (Å²) in [5.41, 5.74) is -0.176. The van der Waals surface area contributed by atoms with Crippen molar-refractivity contribution in [3.63, 3.8) is 0 Å². The predicted molar refractivity (Wildman–Crippen MR) is 109 cm³/mol. The highest BCUT2D eigenvalue weighted by Gasteiger charge is 2.65. The molecule has 1 heterocycles. The van der Waals surface area contributed by atoms with Crippen LogP contribution in [0.3, 0.4) is 0 Å². The molecule has 1 aromatic rings. The molecule has 5 rings (SSSR count). The second-order valence-corrected chi connectivity index (χ2v) is 10.3. The first-order valence-electron chi connectivity index (χ1n) is 11.0. The van der Waals surface area contributed by atoms with Crippen molar-refractivity contribution in [3.05, 3.63) is 35.6 Å². The van der Waals surface area contributed by atoms with Crippen molar-refractivity contribution < 1.29 is 14.3 Å². The zero-order valence-corrected chi connectivity index (χ0v) is 17.5. The zero-order valence-electron chi connectivity index (χ0n) is 17.5. The lowest BCUT2D eigenvalue weighted by Gasteiger charge is -2.60. The largest absolute Gasteiger partial charge is 0.388 e. The van der Waals surface area contributed by atoms with Gasteiger partial charge in [-0.15, -0.1) is 0 Å². The first-order chi connectivity index (χ1) is 13.8. The van der Waals surface area contributed by atoms with E-state index in [2.05, 4.69) is 23.9 Å². The van der Waals surface area contributed by atoms with Gasteiger partial charge < -0.3 is 14.9 Å². The number of urea groups is 1. The quantitative estimate of drug-likeness (QED) is 0.797. The minimum atomic E-state index is -0.697. The molecule has 0 bridgehead atoms. The fourth-order valence-electron chi connectivity index (χ4n) is 5.83. The number of hydrogen-bond donors (Lipinski definition) is 1. The Kier molecular flexibility index (Phi) is 4.27. The third-order valence-corrected chi connectivity index (χ3v) is 7.93. The highest BCUT2D eigenvalue weighted by molar-refractivity contribution is 5.79. The van der Waals surface area contributed by atoms with Gasteiger partial charge in [-0.05, 0) is 82.7 Å². The number of halogens is 1. The van der Waals surface area contributed by atoms with E-state index in [1.165, 1.54) is 18.9 Å². The highest BCUT2D eigenvalue weighted by atomic mass is 19.1. The summed E-state index contributed by atoms with van der Waals surface area (Å²) in [4.78, 5) is 19.5. The molecule has 1 aromatic carbocycles. The van der Waals surface area contributed by atoms with Crippen LogP contribution < -0.4 is 0 Å². The molecule has 0 atom stereocenters. The molecular formula is C23H32FN3O2. The van der Waals surface area contributed by atoms with Crippen molar-refractivity contribution in [2.24, 2.45) is 5.92 Å². The maximum Gasteiger partial charge on any atom is 0.320 e. The summed E-state index contributed by atoms with van der Waals surface area (Å²) in [5.74, 6) is 0.405. The molecule has 6 heteroatoms. The fourth-order valence-corrected chi connectivity index (χ4v) is 5.83. The Morgan fingerprint density at radius 2 is 1.97 bits per heavy atom. The number of carbonyl (C=O) groups is 1. The van der Waals surface area contributed by atoms with Gasteiger partial charge in [0, 0.05) is 13.1 Å². The monoisotopic (exact) mass is 401 g/mol. The molecule has 4 fully saturated rings. The average molecular weight is 402 g/mol. The molecule has 0 radical (unpaired) electrons. The standard InChI is InChI=1S/C23H32FN3O2/c1-25(2)23(18-5-3-6-19(24)11-18)13-21(14-23)15-26(16-22(29)9-4-10-22)20(28)27(21)12-17-7-8-17/h3,5-6,11,17,29H,4,7-10,12-16H2,1-2H3. The van der Waals surface area contributed by atoms with Crippen LogP contribution in [0.4, 0.5) is 9.18 Å². The van der Waals surface area contributed by atoms with Crippen LogP contribution in [0, 0.1) is 11.7 Å². The van der Waals surface area contributed by atoms with Gasteiger partial charge in [0.15, 0.2) is 0 Å². The zero-order chi connectivity index (χ0) is 20.4. The summed E-state index contributed by atoms with van der Waals surface area (Å²) in [7, 11) is 4.10. The normalized spacial score (nSPS) is 33.3. The Labute approximate surface area is 172 Å². The molecule has 3 aliphatic carbocycles. The second-order valence-electron chi connectivity index (χ2n) is 10.3. The summed E-state index contributed by atoms with van der Waals surface area (Å²) in [6.45, 7) is 1.94. The van der Waals surface area contributed by atoms with Gasteiger partial charge in [-0.2, -0.15) is 0 Å². The molecule has 0 aromatic heterocycles. The van der Waals surface area contributed by atoms with Gasteiger partial charge in [-0.25, -0.2) is 9.18 Å². The maximum absolute atomic E-state index is 14.0. The van der Waals surface area contributed by atoms with E-state index in [4.69, 9.17) is 0 Å². The van der Waals surface area contributed by atoms with E-state index in [-0.39, 0.29) is 22.9 Å². The number of hydrogen-bond acceptors (Lipinski definition) is 3. The fraction of sp³-hybridized carbons (Fsp3) is 0.696. The number of aliphatic hydroxyl groups is 1. The van der Waals surface area contributed by atoms with Crippen LogP contribution in [0.2, 0.25) is 0 Å². The highest BCUT2D eigenvalue weighted by Crippen LogP contribution is 2.57. The van der Waals surface area contributed by atoms with Crippen LogP contribution in [0.25, 0.3) is 0 Å². The summed E-state index contributed by atoms with van der Waals surface area (Å²) in [6, 6.07) is 7.00. The molecule has 0 unspecified atom stereocenters. The average Bonchev–Trinajstić information content (AvgIpc) is 3.39. The van der Waals surface area contributed by atoms with E-state index in [9.17, 15) is 14.3 Å². The van der Waals surface area contributed by atoms with Crippen LogP contribution in [0.5, 0.6) is 0 Å². The molecule has 5 nitrogen and oxygen atoms in total. The van der Waals surface area contributed by atoms with Gasteiger partial charge in [-0.3, -0.25) is 4.90 Å². The van der Waals surface area contributed by atoms with Gasteiger partial charge in [0.25, 0.3) is 0 Å². The van der Waals surface area contributed by atoms with E-state index in [1.807, 2.05) is 11.0 Å². The van der Waals surface area contributed by atoms with Crippen molar-refractivity contribution in [2.75, 3.05) is 33.7 Å². The Bertz CT molecular complexity index is 812. The van der Waals surface area contributed by atoms with Crippen molar-refractivity contribution in [3.8, 4) is 0 Å². The molecule has 1 aliphatic heterocycles. The number of benzene rings is 1. The Morgan fingerprint density at radius 3 is 2.52 bits per heavy atom. The maximum atomic E-state index is 14.0. The van der Waals surface area contributed by atoms with E-state index < -0.39 is 5.60 Å². The molecule has 1 spiro atoms. The third kappa shape index (κ3) is 3.07. The number of carbonyl (C=O) groups excluding carboxylic acids is 1. The summed E-state index contributed by atoms with van der Waals surface area (Å²) >= 11 is 0. The lowest BCUT2D eigenvalue weighted by molar-refractivity contribution is -0.0765. The Hall–Kier alpha value is -1.66. The van der Waals surface area contributed by atoms with Crippen molar-refractivity contribution in [2.45, 2.75) is 61.6 Å². The first-order valence-corrected chi connectivity index (χ1v) is 11.0. The van der Waals surface area contributed by atoms with Crippen molar-refractivity contribution in [1.82, 2.24) is 14.7 Å². The molecule has 1 N–H and O–H groups in total. The number of amides is 2. The van der Waals surface area contributed by atoms with E-state index in [0.29, 0.717) is 19.0 Å². The van der Waals surface area contributed by atoms with Crippen molar-refractivity contribution >= 4 is 6.03 Å². The number of nitrogens with zero attached hydrogens (tertiary/aromatic N) is 3. The van der Waals surface area contributed by atoms with Crippen LogP contribution >= 0.6 is 0 Å². The Balaban J connectivity index is 1.42. The molecule has 3 saturated carbocycles. The van der Waals surface area contributed by atoms with Gasteiger partial charge in [0.2, 0.25) is 0 Å². The molecule has 29 heavy (non-hydrogen) atoms. The van der Waals surface area contributed by atoms with Crippen LogP contribution in [-0.2, 0) is 5.54 Å². The van der Waals surface area contributed by atoms with Gasteiger partial charge in [0.05, 0.1) is 23.2 Å². The number of rotatable bonds is 6. The topological polar surface area (TPSA) is 47.0 Å². The van der Waals surface area contributed by atoms with Crippen molar-refractivity contribution in [1.29, 1.82) is 0 Å². The van der Waals surface area contributed by atoms with E-state index >= 15 is 0 Å². The SMILES string of the molecule is CN(C)C1(c2cccc(F)c2)CC2(CN(CC3(O)CCC3)C(=O)N2CC2CC2)C1. The van der Waals surface area contributed by atoms with E-state index in [0.717, 1.165) is 44.2 Å². The molecule has 4 aliphatic rings. The lowest BCUT2D eigenvalue weighted by atomic mass is 9.58. The lowest BCUT2D eigenvalue weighted by Crippen LogP contribution is -2.67. The van der Waals surface area contributed by atoms with Crippen LogP contribution in [0.15, 0.2) is 24.3 Å². The van der Waals surface area contributed by atoms with Crippen LogP contribution in [-0.4, -0.2) is 70.7 Å². The minimum absolute atomic E-state index is 0.0869. The van der Waals surface area contributed by atoms with Gasteiger partial charge >= 0.3 is 6.03 Å². The van der Waals surface area contributed by atoms with E-state index in [1.54, 1.807) is 12.1 Å². The summed E-state index contributed by atoms with van der Waals surface area (Å²) < 4.78 is 14.0. The Morgan fingerprint density at radius 1 is 1.24 bits per heavy atom. The molecule has 2 amide bonds. The number of β-amino-alcohol motifs (C(OH)–C–C–N with tert-alkyl or cyclic N) is 1. The summed E-state index contributed by atoms with van der Waals surface area (Å²) in [5, 5.41) is 10.7. The first kappa shape index (κ1) is 19.3. The van der Waals surface area contributed by atoms with Crippen LogP contribution in [0.1, 0.15) is 50.5 Å². The molecule has 158 valence electrons. The molecular weight excluding hydrogens is 369 g/mol. The second kappa shape index (κ2) is 6.42. The smallest absolute Gasteiger partial charge is 0.320 e. The molecule has 1 saturated heterocycles.